The van der Waals surface area contributed by atoms with Crippen molar-refractivity contribution in [1.82, 2.24) is 15.5 Å². The number of fused-ring (bicyclic) bond motifs is 1. The number of rotatable bonds is 4. The summed E-state index contributed by atoms with van der Waals surface area (Å²) in [4.78, 5) is 15.7. The summed E-state index contributed by atoms with van der Waals surface area (Å²) in [5.41, 5.74) is 4.92. The lowest BCUT2D eigenvalue weighted by Gasteiger charge is -2.51. The van der Waals surface area contributed by atoms with Crippen molar-refractivity contribution >= 4 is 5.91 Å². The highest BCUT2D eigenvalue weighted by atomic mass is 16.5. The Morgan fingerprint density at radius 1 is 1.15 bits per heavy atom. The summed E-state index contributed by atoms with van der Waals surface area (Å²) in [6.45, 7) is 8.08. The second kappa shape index (κ2) is 11.5. The average molecular weight is 470 g/mol. The van der Waals surface area contributed by atoms with Crippen molar-refractivity contribution in [2.24, 2.45) is 0 Å². The molecule has 1 saturated heterocycles. The van der Waals surface area contributed by atoms with Crippen molar-refractivity contribution in [3.63, 3.8) is 0 Å². The summed E-state index contributed by atoms with van der Waals surface area (Å²) in [6.07, 6.45) is 6.84. The van der Waals surface area contributed by atoms with Crippen LogP contribution in [-0.2, 0) is 20.6 Å². The van der Waals surface area contributed by atoms with Crippen LogP contribution in [0.1, 0.15) is 55.5 Å². The lowest BCUT2D eigenvalue weighted by molar-refractivity contribution is -0.156. The van der Waals surface area contributed by atoms with E-state index in [1.54, 1.807) is 7.11 Å². The van der Waals surface area contributed by atoms with Gasteiger partial charge in [-0.3, -0.25) is 9.69 Å². The van der Waals surface area contributed by atoms with Gasteiger partial charge in [-0.25, -0.2) is 0 Å². The minimum absolute atomic E-state index is 0.0481. The van der Waals surface area contributed by atoms with Crippen LogP contribution < -0.4 is 10.6 Å². The molecule has 7 nitrogen and oxygen atoms in total. The molecule has 0 saturated carbocycles. The van der Waals surface area contributed by atoms with Gasteiger partial charge in [0.15, 0.2) is 0 Å². The summed E-state index contributed by atoms with van der Waals surface area (Å²) >= 11 is 0. The number of dihydropyridines is 1. The van der Waals surface area contributed by atoms with Crippen molar-refractivity contribution in [2.45, 2.75) is 57.8 Å². The van der Waals surface area contributed by atoms with Crippen LogP contribution in [0.15, 0.2) is 47.2 Å². The quantitative estimate of drug-likeness (QED) is 0.659. The van der Waals surface area contributed by atoms with Crippen LogP contribution in [0, 0.1) is 0 Å². The SMILES string of the molecule is CCN(C1CCOCC1)C1(OC)NC(C)=CC2=C1CNC(=O)c1ccccc1CCCCOC2. The van der Waals surface area contributed by atoms with Crippen molar-refractivity contribution < 1.29 is 19.0 Å². The molecule has 1 fully saturated rings. The summed E-state index contributed by atoms with van der Waals surface area (Å²) in [7, 11) is 1.75. The van der Waals surface area contributed by atoms with Gasteiger partial charge in [0, 0.05) is 62.9 Å². The number of amides is 1. The summed E-state index contributed by atoms with van der Waals surface area (Å²) < 4.78 is 18.1. The second-order valence-electron chi connectivity index (χ2n) is 9.28. The van der Waals surface area contributed by atoms with Gasteiger partial charge < -0.3 is 24.8 Å². The molecule has 3 aliphatic heterocycles. The van der Waals surface area contributed by atoms with E-state index in [1.807, 2.05) is 18.2 Å². The zero-order valence-electron chi connectivity index (χ0n) is 20.8. The number of nitrogens with one attached hydrogen (secondary N) is 2. The first kappa shape index (κ1) is 24.9. The number of methoxy groups -OCH3 is 1. The molecule has 1 aromatic carbocycles. The zero-order chi connectivity index (χ0) is 24.0. The van der Waals surface area contributed by atoms with E-state index in [4.69, 9.17) is 14.2 Å². The van der Waals surface area contributed by atoms with Crippen molar-refractivity contribution in [1.29, 1.82) is 0 Å². The Bertz CT molecular complexity index is 922. The number of ether oxygens (including phenoxy) is 3. The third kappa shape index (κ3) is 5.23. The Hall–Kier alpha value is -2.19. The summed E-state index contributed by atoms with van der Waals surface area (Å²) in [5.74, 6) is -0.908. The number of nitrogens with zero attached hydrogens (tertiary/aromatic N) is 1. The number of likely N-dealkylation sites (N-methyl/N-ethyl adjacent to an activating group) is 1. The molecule has 3 heterocycles. The first-order valence-corrected chi connectivity index (χ1v) is 12.6. The molecule has 1 amide bonds. The van der Waals surface area contributed by atoms with Crippen LogP contribution in [-0.4, -0.2) is 69.3 Å². The summed E-state index contributed by atoms with van der Waals surface area (Å²) in [5, 5.41) is 6.85. The van der Waals surface area contributed by atoms with Crippen LogP contribution >= 0.6 is 0 Å². The lowest BCUT2D eigenvalue weighted by atomic mass is 9.93. The first-order valence-electron chi connectivity index (χ1n) is 12.6. The molecule has 34 heavy (non-hydrogen) atoms. The van der Waals surface area contributed by atoms with Crippen LogP contribution in [0.5, 0.6) is 0 Å². The number of benzene rings is 1. The molecule has 3 aliphatic rings. The molecular formula is C27H39N3O4. The van der Waals surface area contributed by atoms with E-state index in [0.717, 1.165) is 79.8 Å². The van der Waals surface area contributed by atoms with Gasteiger partial charge in [0.2, 0.25) is 5.85 Å². The Labute approximate surface area is 203 Å². The van der Waals surface area contributed by atoms with E-state index in [1.165, 1.54) is 0 Å². The highest BCUT2D eigenvalue weighted by Crippen LogP contribution is 2.35. The van der Waals surface area contributed by atoms with E-state index in [9.17, 15) is 4.79 Å². The molecule has 0 aromatic heterocycles. The predicted molar refractivity (Wildman–Crippen MR) is 132 cm³/mol. The molecule has 4 rings (SSSR count). The van der Waals surface area contributed by atoms with Gasteiger partial charge in [-0.1, -0.05) is 25.1 Å². The Morgan fingerprint density at radius 3 is 2.71 bits per heavy atom. The van der Waals surface area contributed by atoms with Crippen LogP contribution in [0.2, 0.25) is 0 Å². The third-order valence-corrected chi connectivity index (χ3v) is 7.16. The van der Waals surface area contributed by atoms with Gasteiger partial charge in [-0.2, -0.15) is 0 Å². The van der Waals surface area contributed by atoms with Crippen molar-refractivity contribution in [3.8, 4) is 0 Å². The van der Waals surface area contributed by atoms with Crippen molar-refractivity contribution in [2.75, 3.05) is 46.6 Å². The minimum Gasteiger partial charge on any atom is -0.381 e. The molecule has 0 spiro atoms. The molecule has 0 aliphatic carbocycles. The predicted octanol–water partition coefficient (Wildman–Crippen LogP) is 3.37. The Kier molecular flexibility index (Phi) is 8.42. The van der Waals surface area contributed by atoms with Gasteiger partial charge in [-0.05, 0) is 62.3 Å². The standard InChI is InChI=1S/C27H39N3O4/c1-4-30(23-12-15-33-16-13-23)27(32-3)25-18-28-26(31)24-11-6-5-9-21(24)10-7-8-14-34-19-22(25)17-20(2)29-27/h5-6,9,11,17,23,29H,4,7-8,10,12-16,18-19H2,1-3H3,(H,28,31). The largest absolute Gasteiger partial charge is 0.381 e. The average Bonchev–Trinajstić information content (AvgIpc) is 2.87. The molecule has 0 bridgehead atoms. The number of hydrogen-bond acceptors (Lipinski definition) is 6. The monoisotopic (exact) mass is 469 g/mol. The van der Waals surface area contributed by atoms with E-state index < -0.39 is 5.85 Å². The zero-order valence-corrected chi connectivity index (χ0v) is 20.8. The fourth-order valence-corrected chi connectivity index (χ4v) is 5.50. The van der Waals surface area contributed by atoms with Gasteiger partial charge in [0.1, 0.15) is 0 Å². The molecule has 0 radical (unpaired) electrons. The van der Waals surface area contributed by atoms with Crippen molar-refractivity contribution in [3.05, 3.63) is 58.3 Å². The van der Waals surface area contributed by atoms with Crippen LogP contribution in [0.4, 0.5) is 0 Å². The summed E-state index contributed by atoms with van der Waals surface area (Å²) in [6, 6.07) is 8.22. The first-order chi connectivity index (χ1) is 16.6. The van der Waals surface area contributed by atoms with Gasteiger partial charge in [0.05, 0.1) is 6.61 Å². The third-order valence-electron chi connectivity index (χ3n) is 7.16. The Balaban J connectivity index is 1.73. The minimum atomic E-state index is -0.860. The number of carbonyl (C=O) groups is 1. The molecule has 186 valence electrons. The lowest BCUT2D eigenvalue weighted by Crippen LogP contribution is -2.66. The molecule has 1 atom stereocenters. The molecule has 1 aromatic rings. The fraction of sp³-hybridized carbons (Fsp3) is 0.593. The van der Waals surface area contributed by atoms with E-state index in [0.29, 0.717) is 25.8 Å². The number of allylic oxidation sites excluding steroid dienone is 1. The van der Waals surface area contributed by atoms with Gasteiger partial charge >= 0.3 is 0 Å². The van der Waals surface area contributed by atoms with E-state index in [-0.39, 0.29) is 5.91 Å². The van der Waals surface area contributed by atoms with Gasteiger partial charge in [0.25, 0.3) is 5.91 Å². The molecular weight excluding hydrogens is 430 g/mol. The van der Waals surface area contributed by atoms with E-state index >= 15 is 0 Å². The fourth-order valence-electron chi connectivity index (χ4n) is 5.50. The van der Waals surface area contributed by atoms with Crippen LogP contribution in [0.3, 0.4) is 0 Å². The maximum atomic E-state index is 13.3. The Morgan fingerprint density at radius 2 is 1.94 bits per heavy atom. The maximum Gasteiger partial charge on any atom is 0.251 e. The normalized spacial score (nSPS) is 25.2. The number of aryl methyl sites for hydroxylation is 1. The highest BCUT2D eigenvalue weighted by Gasteiger charge is 2.46. The topological polar surface area (TPSA) is 72.1 Å². The molecule has 2 N–H and O–H groups in total. The smallest absolute Gasteiger partial charge is 0.251 e. The number of hydrogen-bond donors (Lipinski definition) is 2. The molecule has 7 heteroatoms. The highest BCUT2D eigenvalue weighted by molar-refractivity contribution is 5.95. The van der Waals surface area contributed by atoms with Crippen LogP contribution in [0.25, 0.3) is 0 Å². The second-order valence-corrected chi connectivity index (χ2v) is 9.28. The van der Waals surface area contributed by atoms with Gasteiger partial charge in [-0.15, -0.1) is 0 Å². The number of carbonyl (C=O) groups excluding carboxylic acids is 1. The maximum absolute atomic E-state index is 13.3. The molecule has 1 unspecified atom stereocenters. The van der Waals surface area contributed by atoms with E-state index in [2.05, 4.69) is 41.5 Å².